The van der Waals surface area contributed by atoms with Crippen LogP contribution in [0.5, 0.6) is 0 Å². The van der Waals surface area contributed by atoms with Crippen molar-refractivity contribution in [1.29, 1.82) is 5.26 Å². The maximum absolute atomic E-state index is 12.1. The summed E-state index contributed by atoms with van der Waals surface area (Å²) < 4.78 is 1.47. The number of benzene rings is 1. The Morgan fingerprint density at radius 1 is 1.42 bits per heavy atom. The summed E-state index contributed by atoms with van der Waals surface area (Å²) in [5.41, 5.74) is 2.39. The second kappa shape index (κ2) is 6.72. The molecule has 0 bridgehead atoms. The fraction of sp³-hybridized carbons (Fsp3) is 0.176. The lowest BCUT2D eigenvalue weighted by Gasteiger charge is -2.07. The number of hydrogen-bond acceptors (Lipinski definition) is 5. The molecule has 1 N–H and O–H groups in total. The van der Waals surface area contributed by atoms with Crippen molar-refractivity contribution in [3.8, 4) is 6.07 Å². The first-order chi connectivity index (χ1) is 11.6. The number of carbonyl (C=O) groups excluding carboxylic acids is 1. The smallest absolute Gasteiger partial charge is 0.235 e. The van der Waals surface area contributed by atoms with Crippen LogP contribution in [0.25, 0.3) is 10.9 Å². The summed E-state index contributed by atoms with van der Waals surface area (Å²) in [7, 11) is 1.68. The highest BCUT2D eigenvalue weighted by Gasteiger charge is 2.12. The van der Waals surface area contributed by atoms with Crippen molar-refractivity contribution < 1.29 is 4.79 Å². The topological polar surface area (TPSA) is 83.6 Å². The quantitative estimate of drug-likeness (QED) is 0.740. The minimum Gasteiger partial charge on any atom is -0.309 e. The lowest BCUT2D eigenvalue weighted by Crippen LogP contribution is -2.17. The van der Waals surface area contributed by atoms with Crippen LogP contribution in [0.15, 0.2) is 41.6 Å². The molecule has 7 heteroatoms. The molecule has 1 amide bonds. The summed E-state index contributed by atoms with van der Waals surface area (Å²) in [6.45, 7) is 2.03. The number of amides is 1. The van der Waals surface area contributed by atoms with Gasteiger partial charge in [0, 0.05) is 12.4 Å². The van der Waals surface area contributed by atoms with Gasteiger partial charge in [-0.05, 0) is 24.6 Å². The number of anilines is 1. The average Bonchev–Trinajstić information content (AvgIpc) is 2.93. The van der Waals surface area contributed by atoms with E-state index in [4.69, 9.17) is 5.26 Å². The zero-order valence-corrected chi connectivity index (χ0v) is 14.1. The molecule has 0 aliphatic rings. The number of aromatic nitrogens is 3. The monoisotopic (exact) mass is 337 g/mol. The van der Waals surface area contributed by atoms with Gasteiger partial charge in [0.25, 0.3) is 0 Å². The van der Waals surface area contributed by atoms with Crippen LogP contribution in [0.1, 0.15) is 11.1 Å². The molecule has 120 valence electrons. The van der Waals surface area contributed by atoms with Gasteiger partial charge in [-0.3, -0.25) is 9.48 Å². The van der Waals surface area contributed by atoms with E-state index in [1.54, 1.807) is 7.05 Å². The number of nitriles is 1. The maximum atomic E-state index is 12.1. The van der Waals surface area contributed by atoms with Crippen molar-refractivity contribution in [2.24, 2.45) is 7.05 Å². The number of para-hydroxylation sites is 1. The van der Waals surface area contributed by atoms with Gasteiger partial charge in [0.05, 0.1) is 22.5 Å². The molecule has 0 saturated heterocycles. The number of fused-ring (bicyclic) bond motifs is 1. The number of rotatable bonds is 4. The number of thioether (sulfide) groups is 1. The number of nitrogens with one attached hydrogen (secondary N) is 1. The summed E-state index contributed by atoms with van der Waals surface area (Å²) in [5.74, 6) is 0.416. The summed E-state index contributed by atoms with van der Waals surface area (Å²) in [5, 5.41) is 17.6. The average molecular weight is 337 g/mol. The molecule has 0 aliphatic heterocycles. The van der Waals surface area contributed by atoms with Crippen molar-refractivity contribution in [3.05, 3.63) is 47.7 Å². The van der Waals surface area contributed by atoms with Crippen molar-refractivity contribution in [2.45, 2.75) is 11.9 Å². The van der Waals surface area contributed by atoms with Crippen LogP contribution >= 0.6 is 11.8 Å². The third kappa shape index (κ3) is 3.24. The Hall–Kier alpha value is -2.85. The van der Waals surface area contributed by atoms with Crippen LogP contribution in [-0.4, -0.2) is 26.4 Å². The van der Waals surface area contributed by atoms with Crippen LogP contribution in [0, 0.1) is 18.3 Å². The summed E-state index contributed by atoms with van der Waals surface area (Å²) in [6.07, 6.45) is 1.43. The second-order valence-electron chi connectivity index (χ2n) is 5.27. The van der Waals surface area contributed by atoms with Gasteiger partial charge in [0.1, 0.15) is 17.5 Å². The Kier molecular flexibility index (Phi) is 4.49. The number of pyridine rings is 1. The van der Waals surface area contributed by atoms with Crippen LogP contribution in [0.3, 0.4) is 0 Å². The minimum atomic E-state index is -0.201. The fourth-order valence-corrected chi connectivity index (χ4v) is 3.14. The van der Waals surface area contributed by atoms with Gasteiger partial charge >= 0.3 is 0 Å². The van der Waals surface area contributed by atoms with Crippen LogP contribution in [0.2, 0.25) is 0 Å². The van der Waals surface area contributed by atoms with Crippen molar-refractivity contribution in [3.63, 3.8) is 0 Å². The molecule has 24 heavy (non-hydrogen) atoms. The maximum Gasteiger partial charge on any atom is 0.235 e. The highest BCUT2D eigenvalue weighted by Crippen LogP contribution is 2.23. The third-order valence-corrected chi connectivity index (χ3v) is 4.48. The minimum absolute atomic E-state index is 0.201. The molecular formula is C17H15N5OS. The molecular weight excluding hydrogens is 322 g/mol. The van der Waals surface area contributed by atoms with Gasteiger partial charge in [0.15, 0.2) is 0 Å². The van der Waals surface area contributed by atoms with Crippen molar-refractivity contribution in [1.82, 2.24) is 14.8 Å². The highest BCUT2D eigenvalue weighted by atomic mass is 32.2. The second-order valence-corrected chi connectivity index (χ2v) is 6.27. The van der Waals surface area contributed by atoms with E-state index in [1.807, 2.05) is 43.3 Å². The van der Waals surface area contributed by atoms with E-state index in [-0.39, 0.29) is 11.7 Å². The molecule has 2 heterocycles. The summed E-state index contributed by atoms with van der Waals surface area (Å²) in [4.78, 5) is 16.7. The van der Waals surface area contributed by atoms with E-state index < -0.39 is 0 Å². The predicted molar refractivity (Wildman–Crippen MR) is 93.8 cm³/mol. The van der Waals surface area contributed by atoms with Gasteiger partial charge in [-0.25, -0.2) is 4.98 Å². The van der Waals surface area contributed by atoms with Gasteiger partial charge in [0.2, 0.25) is 5.91 Å². The van der Waals surface area contributed by atoms with Crippen molar-refractivity contribution >= 4 is 34.4 Å². The third-order valence-electron chi connectivity index (χ3n) is 3.57. The fourth-order valence-electron chi connectivity index (χ4n) is 2.37. The molecule has 6 nitrogen and oxygen atoms in total. The first-order valence-corrected chi connectivity index (χ1v) is 8.28. The summed E-state index contributed by atoms with van der Waals surface area (Å²) >= 11 is 1.36. The summed E-state index contributed by atoms with van der Waals surface area (Å²) in [6, 6.07) is 11.9. The molecule has 0 atom stereocenters. The molecule has 3 rings (SSSR count). The Labute approximate surface area is 143 Å². The molecule has 0 radical (unpaired) electrons. The largest absolute Gasteiger partial charge is 0.309 e. The predicted octanol–water partition coefficient (Wildman–Crippen LogP) is 2.88. The van der Waals surface area contributed by atoms with Gasteiger partial charge < -0.3 is 5.32 Å². The molecule has 3 aromatic rings. The zero-order chi connectivity index (χ0) is 17.1. The first kappa shape index (κ1) is 16.0. The molecule has 0 spiro atoms. The molecule has 0 saturated carbocycles. The van der Waals surface area contributed by atoms with Crippen LogP contribution in [0.4, 0.5) is 5.82 Å². The standard InChI is InChI=1S/C17H15N5OS/c1-11-7-16(20-14-6-4-3-5-13(11)14)24-10-15(23)21-17-12(8-18)9-19-22(17)2/h3-7,9H,10H2,1-2H3,(H,21,23). The zero-order valence-electron chi connectivity index (χ0n) is 13.3. The van der Waals surface area contributed by atoms with Crippen LogP contribution < -0.4 is 5.32 Å². The van der Waals surface area contributed by atoms with E-state index in [9.17, 15) is 4.79 Å². The highest BCUT2D eigenvalue weighted by molar-refractivity contribution is 7.99. The Morgan fingerprint density at radius 3 is 3.00 bits per heavy atom. The Morgan fingerprint density at radius 2 is 2.21 bits per heavy atom. The van der Waals surface area contributed by atoms with Crippen LogP contribution in [-0.2, 0) is 11.8 Å². The number of carbonyl (C=O) groups is 1. The van der Waals surface area contributed by atoms with E-state index in [0.717, 1.165) is 21.5 Å². The lowest BCUT2D eigenvalue weighted by atomic mass is 10.1. The number of nitrogens with zero attached hydrogens (tertiary/aromatic N) is 4. The molecule has 0 unspecified atom stereocenters. The SMILES string of the molecule is Cc1cc(SCC(=O)Nc2c(C#N)cnn2C)nc2ccccc12. The normalized spacial score (nSPS) is 10.5. The number of aryl methyl sites for hydroxylation is 2. The van der Waals surface area contributed by atoms with E-state index in [2.05, 4.69) is 15.4 Å². The Bertz CT molecular complexity index is 957. The van der Waals surface area contributed by atoms with Gasteiger partial charge in [-0.15, -0.1) is 0 Å². The van der Waals surface area contributed by atoms with Crippen molar-refractivity contribution in [2.75, 3.05) is 11.1 Å². The lowest BCUT2D eigenvalue weighted by molar-refractivity contribution is -0.113. The van der Waals surface area contributed by atoms with E-state index >= 15 is 0 Å². The Balaban J connectivity index is 1.71. The first-order valence-electron chi connectivity index (χ1n) is 7.29. The van der Waals surface area contributed by atoms with E-state index in [1.165, 1.54) is 22.6 Å². The van der Waals surface area contributed by atoms with Gasteiger partial charge in [-0.1, -0.05) is 30.0 Å². The molecule has 1 aromatic carbocycles. The molecule has 0 aliphatic carbocycles. The number of hydrogen-bond donors (Lipinski definition) is 1. The molecule has 2 aromatic heterocycles. The van der Waals surface area contributed by atoms with E-state index in [0.29, 0.717) is 11.4 Å². The molecule has 0 fully saturated rings. The van der Waals surface area contributed by atoms with Gasteiger partial charge in [-0.2, -0.15) is 10.4 Å².